The summed E-state index contributed by atoms with van der Waals surface area (Å²) in [6, 6.07) is 21.8. The first-order valence-corrected chi connectivity index (χ1v) is 18.3. The van der Waals surface area contributed by atoms with E-state index in [1.807, 2.05) is 36.4 Å². The number of fused-ring (bicyclic) bond motifs is 1. The van der Waals surface area contributed by atoms with Crippen molar-refractivity contribution in [3.63, 3.8) is 0 Å². The predicted molar refractivity (Wildman–Crippen MR) is 199 cm³/mol. The Morgan fingerprint density at radius 2 is 1.76 bits per heavy atom. The first-order valence-electron chi connectivity index (χ1n) is 17.9. The van der Waals surface area contributed by atoms with Crippen LogP contribution in [0.3, 0.4) is 0 Å². The maximum atomic E-state index is 14.4. The first-order chi connectivity index (χ1) is 24.1. The molecule has 2 aliphatic rings. The molecule has 0 aliphatic carbocycles. The van der Waals surface area contributed by atoms with E-state index in [2.05, 4.69) is 61.0 Å². The monoisotopic (exact) mass is 704 g/mol. The molecular weight excluding hydrogens is 652 g/mol. The zero-order valence-electron chi connectivity index (χ0n) is 29.9. The van der Waals surface area contributed by atoms with Crippen LogP contribution in [0.25, 0.3) is 0 Å². The van der Waals surface area contributed by atoms with Gasteiger partial charge in [0.2, 0.25) is 5.91 Å². The highest BCUT2D eigenvalue weighted by Crippen LogP contribution is 2.45. The Hall–Kier alpha value is -3.63. The predicted octanol–water partition coefficient (Wildman–Crippen LogP) is 6.47. The van der Waals surface area contributed by atoms with Gasteiger partial charge in [0.1, 0.15) is 12.2 Å². The SMILES string of the molecule is COc1c(OCCCNCCCc2ccccc2)cccc1[C@H]1O[C@H](CC(=O)NC2CCNCC2)C(=O)N(CC(C)(C)C)c2ccc(Cl)cc21. The number of ether oxygens (including phenoxy) is 3. The molecule has 0 unspecified atom stereocenters. The lowest BCUT2D eigenvalue weighted by Gasteiger charge is -2.31. The van der Waals surface area contributed by atoms with Crippen molar-refractivity contribution in [1.82, 2.24) is 16.0 Å². The standard InChI is InChI=1S/C40H53ClN4O5/c1-40(2,3)27-45-33-17-16-29(41)25-32(33)37(50-35(39(45)47)26-36(46)44-30-18-22-43-23-19-30)31-14-8-15-34(38(31)48-4)49-24-10-21-42-20-9-13-28-11-6-5-7-12-28/h5-8,11-12,14-17,25,30,35,37,42-43H,9-10,13,18-24,26-27H2,1-4H3,(H,44,46)/t35-,37-/m1/s1. The van der Waals surface area contributed by atoms with Crippen LogP contribution in [-0.4, -0.2) is 70.4 Å². The normalized spacial score (nSPS) is 18.3. The lowest BCUT2D eigenvalue weighted by molar-refractivity contribution is -0.138. The molecule has 1 saturated heterocycles. The molecular formula is C40H53ClN4O5. The summed E-state index contributed by atoms with van der Waals surface area (Å²) in [6.45, 7) is 10.7. The summed E-state index contributed by atoms with van der Waals surface area (Å²) < 4.78 is 19.0. The fourth-order valence-corrected chi connectivity index (χ4v) is 6.82. The van der Waals surface area contributed by atoms with Gasteiger partial charge in [0, 0.05) is 34.4 Å². The third kappa shape index (κ3) is 10.4. The van der Waals surface area contributed by atoms with E-state index in [4.69, 9.17) is 25.8 Å². The highest BCUT2D eigenvalue weighted by molar-refractivity contribution is 6.30. The second kappa shape index (κ2) is 18.0. The molecule has 0 aromatic heterocycles. The van der Waals surface area contributed by atoms with Crippen LogP contribution >= 0.6 is 11.6 Å². The van der Waals surface area contributed by atoms with E-state index >= 15 is 0 Å². The number of hydrogen-bond acceptors (Lipinski definition) is 7. The second-order valence-corrected chi connectivity index (χ2v) is 14.8. The molecule has 2 atom stereocenters. The average molecular weight is 705 g/mol. The van der Waals surface area contributed by atoms with Gasteiger partial charge >= 0.3 is 0 Å². The van der Waals surface area contributed by atoms with Gasteiger partial charge in [0.15, 0.2) is 11.5 Å². The number of halogens is 1. The smallest absolute Gasteiger partial charge is 0.256 e. The molecule has 0 radical (unpaired) electrons. The molecule has 1 fully saturated rings. The topological polar surface area (TPSA) is 101 Å². The van der Waals surface area contributed by atoms with Crippen molar-refractivity contribution in [2.75, 3.05) is 51.3 Å². The quantitative estimate of drug-likeness (QED) is 0.156. The van der Waals surface area contributed by atoms with E-state index in [0.717, 1.165) is 63.8 Å². The Morgan fingerprint density at radius 3 is 2.50 bits per heavy atom. The third-order valence-electron chi connectivity index (χ3n) is 9.03. The summed E-state index contributed by atoms with van der Waals surface area (Å²) in [7, 11) is 1.61. The van der Waals surface area contributed by atoms with Gasteiger partial charge < -0.3 is 35.1 Å². The van der Waals surface area contributed by atoms with Crippen molar-refractivity contribution in [2.24, 2.45) is 5.41 Å². The Labute approximate surface area is 302 Å². The number of benzene rings is 3. The summed E-state index contributed by atoms with van der Waals surface area (Å²) in [5.41, 5.74) is 3.25. The van der Waals surface area contributed by atoms with Crippen molar-refractivity contribution in [3.05, 3.63) is 88.4 Å². The molecule has 3 aromatic carbocycles. The van der Waals surface area contributed by atoms with Crippen LogP contribution in [0.4, 0.5) is 5.69 Å². The number of piperidine rings is 1. The van der Waals surface area contributed by atoms with Crippen LogP contribution in [0, 0.1) is 5.41 Å². The number of aryl methyl sites for hydroxylation is 1. The molecule has 270 valence electrons. The fraction of sp³-hybridized carbons (Fsp3) is 0.500. The molecule has 50 heavy (non-hydrogen) atoms. The number of nitrogens with one attached hydrogen (secondary N) is 3. The van der Waals surface area contributed by atoms with Crippen LogP contribution in [0.5, 0.6) is 11.5 Å². The number of anilines is 1. The van der Waals surface area contributed by atoms with Crippen LogP contribution < -0.4 is 30.3 Å². The van der Waals surface area contributed by atoms with E-state index in [0.29, 0.717) is 40.9 Å². The van der Waals surface area contributed by atoms with Crippen molar-refractivity contribution >= 4 is 29.1 Å². The fourth-order valence-electron chi connectivity index (χ4n) is 6.64. The summed E-state index contributed by atoms with van der Waals surface area (Å²) in [6.07, 6.45) is 2.76. The van der Waals surface area contributed by atoms with Gasteiger partial charge in [0.05, 0.1) is 20.1 Å². The first kappa shape index (κ1) is 37.6. The molecule has 5 rings (SSSR count). The zero-order valence-corrected chi connectivity index (χ0v) is 30.7. The lowest BCUT2D eigenvalue weighted by atomic mass is 9.94. The van der Waals surface area contributed by atoms with E-state index in [1.165, 1.54) is 5.56 Å². The van der Waals surface area contributed by atoms with E-state index < -0.39 is 12.2 Å². The third-order valence-corrected chi connectivity index (χ3v) is 9.26. The molecule has 3 N–H and O–H groups in total. The van der Waals surface area contributed by atoms with Crippen LogP contribution in [0.1, 0.15) is 75.7 Å². The van der Waals surface area contributed by atoms with Gasteiger partial charge in [0.25, 0.3) is 5.91 Å². The number of nitrogens with zero attached hydrogens (tertiary/aromatic N) is 1. The van der Waals surface area contributed by atoms with Crippen molar-refractivity contribution in [1.29, 1.82) is 0 Å². The average Bonchev–Trinajstić information content (AvgIpc) is 3.19. The minimum Gasteiger partial charge on any atom is -0.492 e. The summed E-state index contributed by atoms with van der Waals surface area (Å²) in [4.78, 5) is 29.5. The number of carbonyl (C=O) groups is 2. The molecule has 2 aliphatic heterocycles. The van der Waals surface area contributed by atoms with Crippen LogP contribution in [0.2, 0.25) is 5.02 Å². The van der Waals surface area contributed by atoms with E-state index in [9.17, 15) is 9.59 Å². The minimum absolute atomic E-state index is 0.0699. The molecule has 0 spiro atoms. The number of amides is 2. The second-order valence-electron chi connectivity index (χ2n) is 14.4. The van der Waals surface area contributed by atoms with Gasteiger partial charge in [-0.3, -0.25) is 9.59 Å². The molecule has 0 saturated carbocycles. The minimum atomic E-state index is -1.03. The number of rotatable bonds is 15. The number of carbonyl (C=O) groups excluding carboxylic acids is 2. The Bertz CT molecular complexity index is 1560. The molecule has 3 aromatic rings. The maximum absolute atomic E-state index is 14.4. The number of hydrogen-bond donors (Lipinski definition) is 3. The molecule has 2 heterocycles. The van der Waals surface area contributed by atoms with Crippen LogP contribution in [-0.2, 0) is 20.7 Å². The van der Waals surface area contributed by atoms with Crippen molar-refractivity contribution < 1.29 is 23.8 Å². The lowest BCUT2D eigenvalue weighted by Crippen LogP contribution is -2.47. The van der Waals surface area contributed by atoms with Crippen LogP contribution in [0.15, 0.2) is 66.7 Å². The van der Waals surface area contributed by atoms with Gasteiger partial charge in [-0.15, -0.1) is 0 Å². The largest absolute Gasteiger partial charge is 0.492 e. The summed E-state index contributed by atoms with van der Waals surface area (Å²) in [5.74, 6) is 0.651. The van der Waals surface area contributed by atoms with Crippen molar-refractivity contribution in [3.8, 4) is 11.5 Å². The molecule has 9 nitrogen and oxygen atoms in total. The Balaban J connectivity index is 1.34. The van der Waals surface area contributed by atoms with Crippen molar-refractivity contribution in [2.45, 2.75) is 77.5 Å². The zero-order chi connectivity index (χ0) is 35.5. The van der Waals surface area contributed by atoms with E-state index in [1.54, 1.807) is 18.1 Å². The summed E-state index contributed by atoms with van der Waals surface area (Å²) >= 11 is 6.60. The van der Waals surface area contributed by atoms with Gasteiger partial charge in [-0.2, -0.15) is 0 Å². The molecule has 10 heteroatoms. The Kier molecular flexibility index (Phi) is 13.6. The maximum Gasteiger partial charge on any atom is 0.256 e. The van der Waals surface area contributed by atoms with Gasteiger partial charge in [-0.1, -0.05) is 74.8 Å². The number of para-hydroxylation sites is 1. The molecule has 0 bridgehead atoms. The van der Waals surface area contributed by atoms with E-state index in [-0.39, 0.29) is 29.7 Å². The highest BCUT2D eigenvalue weighted by Gasteiger charge is 2.40. The Morgan fingerprint density at radius 1 is 1.00 bits per heavy atom. The number of methoxy groups -OCH3 is 1. The van der Waals surface area contributed by atoms with Gasteiger partial charge in [-0.05, 0) is 93.5 Å². The molecule has 2 amide bonds. The highest BCUT2D eigenvalue weighted by atomic mass is 35.5. The summed E-state index contributed by atoms with van der Waals surface area (Å²) in [5, 5.41) is 10.5. The van der Waals surface area contributed by atoms with Gasteiger partial charge in [-0.25, -0.2) is 0 Å².